The Morgan fingerprint density at radius 1 is 0.889 bits per heavy atom. The van der Waals surface area contributed by atoms with E-state index in [0.29, 0.717) is 17.1 Å². The van der Waals surface area contributed by atoms with Crippen molar-refractivity contribution in [3.8, 4) is 5.75 Å². The molecule has 0 unspecified atom stereocenters. The van der Waals surface area contributed by atoms with Crippen LogP contribution in [0.2, 0.25) is 0 Å². The van der Waals surface area contributed by atoms with Crippen LogP contribution >= 0.6 is 0 Å². The predicted octanol–water partition coefficient (Wildman–Crippen LogP) is 3.73. The molecule has 0 atom stereocenters. The van der Waals surface area contributed by atoms with E-state index in [9.17, 15) is 14.0 Å². The maximum atomic E-state index is 13.2. The van der Waals surface area contributed by atoms with Crippen LogP contribution in [0.15, 0.2) is 67.0 Å². The van der Waals surface area contributed by atoms with E-state index in [1.807, 2.05) is 0 Å². The molecule has 0 radical (unpaired) electrons. The van der Waals surface area contributed by atoms with E-state index < -0.39 is 17.6 Å². The second-order valence-corrected chi connectivity index (χ2v) is 5.61. The third kappa shape index (κ3) is 4.66. The minimum atomic E-state index is -0.493. The third-order valence-electron chi connectivity index (χ3n) is 3.69. The topological polar surface area (TPSA) is 80.3 Å². The first-order valence-electron chi connectivity index (χ1n) is 8.02. The fourth-order valence-electron chi connectivity index (χ4n) is 2.34. The van der Waals surface area contributed by atoms with Crippen LogP contribution < -0.4 is 15.4 Å². The standard InChI is InChI=1S/C20H16FN3O3/c1-27-18-7-5-16(6-8-18)23-19(25)13-9-14(12-22-11-13)20(26)24-17-4-2-3-15(21)10-17/h2-12H,1H3,(H,23,25)(H,24,26). The second-order valence-electron chi connectivity index (χ2n) is 5.61. The molecule has 7 heteroatoms. The largest absolute Gasteiger partial charge is 0.497 e. The van der Waals surface area contributed by atoms with Crippen molar-refractivity contribution in [2.24, 2.45) is 0 Å². The Bertz CT molecular complexity index is 974. The number of pyridine rings is 1. The molecule has 0 saturated carbocycles. The van der Waals surface area contributed by atoms with Crippen LogP contribution in [0.4, 0.5) is 15.8 Å². The van der Waals surface area contributed by atoms with Crippen LogP contribution in [0.5, 0.6) is 5.75 Å². The van der Waals surface area contributed by atoms with Crippen LogP contribution in [0.3, 0.4) is 0 Å². The van der Waals surface area contributed by atoms with Gasteiger partial charge in [0.2, 0.25) is 0 Å². The molecule has 27 heavy (non-hydrogen) atoms. The van der Waals surface area contributed by atoms with Gasteiger partial charge in [-0.3, -0.25) is 14.6 Å². The zero-order valence-electron chi connectivity index (χ0n) is 14.4. The number of ether oxygens (including phenoxy) is 1. The average molecular weight is 365 g/mol. The molecule has 2 N–H and O–H groups in total. The van der Waals surface area contributed by atoms with Gasteiger partial charge in [-0.25, -0.2) is 4.39 Å². The van der Waals surface area contributed by atoms with Crippen LogP contribution in [0.1, 0.15) is 20.7 Å². The average Bonchev–Trinajstić information content (AvgIpc) is 2.68. The highest BCUT2D eigenvalue weighted by Gasteiger charge is 2.12. The molecule has 2 amide bonds. The summed E-state index contributed by atoms with van der Waals surface area (Å²) in [7, 11) is 1.56. The number of aromatic nitrogens is 1. The zero-order chi connectivity index (χ0) is 19.2. The molecule has 2 aromatic carbocycles. The quantitative estimate of drug-likeness (QED) is 0.722. The zero-order valence-corrected chi connectivity index (χ0v) is 14.4. The molecule has 3 rings (SSSR count). The highest BCUT2D eigenvalue weighted by molar-refractivity contribution is 6.08. The number of halogens is 1. The Kier molecular flexibility index (Phi) is 5.41. The fourth-order valence-corrected chi connectivity index (χ4v) is 2.34. The number of amides is 2. The van der Waals surface area contributed by atoms with E-state index in [4.69, 9.17) is 4.74 Å². The highest BCUT2D eigenvalue weighted by Crippen LogP contribution is 2.16. The molecule has 0 aliphatic rings. The van der Waals surface area contributed by atoms with Gasteiger partial charge >= 0.3 is 0 Å². The van der Waals surface area contributed by atoms with E-state index in [0.717, 1.165) is 0 Å². The summed E-state index contributed by atoms with van der Waals surface area (Å²) < 4.78 is 18.3. The minimum Gasteiger partial charge on any atom is -0.497 e. The number of nitrogens with zero attached hydrogens (tertiary/aromatic N) is 1. The molecule has 136 valence electrons. The van der Waals surface area contributed by atoms with Gasteiger partial charge in [0.05, 0.1) is 18.2 Å². The number of hydrogen-bond donors (Lipinski definition) is 2. The van der Waals surface area contributed by atoms with E-state index in [1.54, 1.807) is 37.4 Å². The summed E-state index contributed by atoms with van der Waals surface area (Å²) >= 11 is 0. The summed E-state index contributed by atoms with van der Waals surface area (Å²) in [4.78, 5) is 28.6. The van der Waals surface area contributed by atoms with Gasteiger partial charge in [0, 0.05) is 23.8 Å². The van der Waals surface area contributed by atoms with Crippen molar-refractivity contribution in [3.05, 3.63) is 83.9 Å². The Hall–Kier alpha value is -3.74. The molecule has 1 aromatic heterocycles. The summed E-state index contributed by atoms with van der Waals surface area (Å²) in [6, 6.07) is 13.8. The predicted molar refractivity (Wildman–Crippen MR) is 99.5 cm³/mol. The lowest BCUT2D eigenvalue weighted by atomic mass is 10.1. The van der Waals surface area contributed by atoms with Crippen molar-refractivity contribution < 1.29 is 18.7 Å². The molecule has 0 aliphatic heterocycles. The first-order valence-corrected chi connectivity index (χ1v) is 8.02. The van der Waals surface area contributed by atoms with Gasteiger partial charge in [-0.05, 0) is 48.5 Å². The van der Waals surface area contributed by atoms with E-state index in [1.165, 1.54) is 36.7 Å². The molecular formula is C20H16FN3O3. The molecule has 0 spiro atoms. The van der Waals surface area contributed by atoms with Gasteiger partial charge in [-0.15, -0.1) is 0 Å². The fraction of sp³-hybridized carbons (Fsp3) is 0.0500. The van der Waals surface area contributed by atoms with Crippen molar-refractivity contribution >= 4 is 23.2 Å². The summed E-state index contributed by atoms with van der Waals surface area (Å²) in [5, 5.41) is 5.28. The molecular weight excluding hydrogens is 349 g/mol. The SMILES string of the molecule is COc1ccc(NC(=O)c2cncc(C(=O)Nc3cccc(F)c3)c2)cc1. The normalized spacial score (nSPS) is 10.1. The number of anilines is 2. The Balaban J connectivity index is 1.71. The van der Waals surface area contributed by atoms with Crippen molar-refractivity contribution in [1.29, 1.82) is 0 Å². The smallest absolute Gasteiger partial charge is 0.257 e. The number of benzene rings is 2. The lowest BCUT2D eigenvalue weighted by Crippen LogP contribution is -2.16. The van der Waals surface area contributed by atoms with Crippen LogP contribution in [0.25, 0.3) is 0 Å². The Morgan fingerprint density at radius 3 is 2.11 bits per heavy atom. The highest BCUT2D eigenvalue weighted by atomic mass is 19.1. The van der Waals surface area contributed by atoms with Crippen LogP contribution in [-0.4, -0.2) is 23.9 Å². The van der Waals surface area contributed by atoms with Crippen molar-refractivity contribution in [2.75, 3.05) is 17.7 Å². The summed E-state index contributed by atoms with van der Waals surface area (Å²) in [6.45, 7) is 0. The monoisotopic (exact) mass is 365 g/mol. The van der Waals surface area contributed by atoms with Crippen LogP contribution in [0, 0.1) is 5.82 Å². The second kappa shape index (κ2) is 8.09. The van der Waals surface area contributed by atoms with Gasteiger partial charge in [0.25, 0.3) is 11.8 Å². The number of methoxy groups -OCH3 is 1. The minimum absolute atomic E-state index is 0.182. The number of carbonyl (C=O) groups excluding carboxylic acids is 2. The number of nitrogens with one attached hydrogen (secondary N) is 2. The molecule has 6 nitrogen and oxygen atoms in total. The molecule has 0 bridgehead atoms. The first kappa shape index (κ1) is 18.1. The summed E-state index contributed by atoms with van der Waals surface area (Å²) in [5.41, 5.74) is 1.29. The molecule has 0 aliphatic carbocycles. The summed E-state index contributed by atoms with van der Waals surface area (Å²) in [6.07, 6.45) is 2.69. The molecule has 3 aromatic rings. The van der Waals surface area contributed by atoms with Crippen molar-refractivity contribution in [2.45, 2.75) is 0 Å². The van der Waals surface area contributed by atoms with Gasteiger partial charge < -0.3 is 15.4 Å². The Labute approximate surface area is 155 Å². The lowest BCUT2D eigenvalue weighted by Gasteiger charge is -2.08. The first-order chi connectivity index (χ1) is 13.0. The van der Waals surface area contributed by atoms with E-state index in [2.05, 4.69) is 15.6 Å². The van der Waals surface area contributed by atoms with Gasteiger partial charge in [-0.1, -0.05) is 6.07 Å². The number of hydrogen-bond acceptors (Lipinski definition) is 4. The molecule has 1 heterocycles. The molecule has 0 fully saturated rings. The van der Waals surface area contributed by atoms with E-state index >= 15 is 0 Å². The van der Waals surface area contributed by atoms with Gasteiger partial charge in [0.1, 0.15) is 11.6 Å². The lowest BCUT2D eigenvalue weighted by molar-refractivity contribution is 0.102. The number of carbonyl (C=O) groups is 2. The Morgan fingerprint density at radius 2 is 1.52 bits per heavy atom. The van der Waals surface area contributed by atoms with Gasteiger partial charge in [-0.2, -0.15) is 0 Å². The van der Waals surface area contributed by atoms with Gasteiger partial charge in [0.15, 0.2) is 0 Å². The summed E-state index contributed by atoms with van der Waals surface area (Å²) in [5.74, 6) is -0.690. The van der Waals surface area contributed by atoms with Crippen molar-refractivity contribution in [1.82, 2.24) is 4.98 Å². The van der Waals surface area contributed by atoms with Crippen LogP contribution in [-0.2, 0) is 0 Å². The van der Waals surface area contributed by atoms with Crippen molar-refractivity contribution in [3.63, 3.8) is 0 Å². The maximum absolute atomic E-state index is 13.2. The third-order valence-corrected chi connectivity index (χ3v) is 3.69. The number of rotatable bonds is 5. The molecule has 0 saturated heterocycles. The maximum Gasteiger partial charge on any atom is 0.257 e. The van der Waals surface area contributed by atoms with E-state index in [-0.39, 0.29) is 11.1 Å².